The van der Waals surface area contributed by atoms with Gasteiger partial charge in [0.05, 0.1) is 17.1 Å². The molecule has 4 aromatic rings. The highest BCUT2D eigenvalue weighted by atomic mass is 32.2. The van der Waals surface area contributed by atoms with Gasteiger partial charge >= 0.3 is 6.18 Å². The molecule has 0 amide bonds. The van der Waals surface area contributed by atoms with Crippen LogP contribution in [-0.4, -0.2) is 23.1 Å². The minimum absolute atomic E-state index is 0.515. The van der Waals surface area contributed by atoms with Crippen molar-refractivity contribution < 1.29 is 13.2 Å². The first kappa shape index (κ1) is 21.3. The highest BCUT2D eigenvalue weighted by Gasteiger charge is 2.30. The molecule has 4 nitrogen and oxygen atoms in total. The van der Waals surface area contributed by atoms with Gasteiger partial charge in [0.15, 0.2) is 5.82 Å². The number of hydrogen-bond acceptors (Lipinski definition) is 5. The molecule has 1 N–H and O–H groups in total. The van der Waals surface area contributed by atoms with Crippen LogP contribution in [0.5, 0.6) is 0 Å². The summed E-state index contributed by atoms with van der Waals surface area (Å²) >= 11 is 1.76. The lowest BCUT2D eigenvalue weighted by Crippen LogP contribution is -2.10. The van der Waals surface area contributed by atoms with Gasteiger partial charge in [0.25, 0.3) is 0 Å². The van der Waals surface area contributed by atoms with E-state index in [2.05, 4.69) is 39.6 Å². The number of rotatable bonds is 4. The average molecular weight is 465 g/mol. The summed E-state index contributed by atoms with van der Waals surface area (Å²) in [6.45, 7) is 0. The van der Waals surface area contributed by atoms with Crippen LogP contribution in [0.15, 0.2) is 83.8 Å². The smallest absolute Gasteiger partial charge is 0.364 e. The summed E-state index contributed by atoms with van der Waals surface area (Å²) in [7, 11) is 2.05. The van der Waals surface area contributed by atoms with E-state index in [1.54, 1.807) is 11.8 Å². The fourth-order valence-electron chi connectivity index (χ4n) is 3.73. The fraction of sp³-hybridized carbons (Fsp3) is 0.120. The lowest BCUT2D eigenvalue weighted by atomic mass is 9.99. The van der Waals surface area contributed by atoms with Gasteiger partial charge in [-0.3, -0.25) is 0 Å². The molecule has 0 saturated heterocycles. The monoisotopic (exact) mass is 464 g/mol. The topological polar surface area (TPSA) is 41.0 Å². The number of aromatic nitrogens is 2. The van der Waals surface area contributed by atoms with Crippen molar-refractivity contribution in [3.05, 3.63) is 84.4 Å². The molecule has 2 heterocycles. The maximum absolute atomic E-state index is 13.1. The van der Waals surface area contributed by atoms with Gasteiger partial charge in [-0.1, -0.05) is 42.5 Å². The molecule has 0 radical (unpaired) electrons. The van der Waals surface area contributed by atoms with E-state index in [9.17, 15) is 13.2 Å². The van der Waals surface area contributed by atoms with Crippen LogP contribution >= 0.6 is 11.8 Å². The second kappa shape index (κ2) is 8.44. The van der Waals surface area contributed by atoms with E-state index in [0.29, 0.717) is 22.6 Å². The Labute approximate surface area is 193 Å². The van der Waals surface area contributed by atoms with Gasteiger partial charge in [0.2, 0.25) is 0 Å². The molecule has 0 atom stereocenters. The first-order valence-electron chi connectivity index (χ1n) is 10.2. The molecule has 1 aliphatic heterocycles. The molecular weight excluding hydrogens is 445 g/mol. The fourth-order valence-corrected chi connectivity index (χ4v) is 4.78. The molecule has 0 bridgehead atoms. The van der Waals surface area contributed by atoms with Gasteiger partial charge in [0.1, 0.15) is 5.69 Å². The normalized spacial score (nSPS) is 13.2. The Morgan fingerprint density at radius 1 is 0.879 bits per heavy atom. The zero-order chi connectivity index (χ0) is 23.0. The van der Waals surface area contributed by atoms with Crippen molar-refractivity contribution in [3.8, 4) is 22.4 Å². The first-order valence-corrected chi connectivity index (χ1v) is 11.2. The summed E-state index contributed by atoms with van der Waals surface area (Å²) in [4.78, 5) is 3.36. The molecule has 166 valence electrons. The Kier molecular flexibility index (Phi) is 5.46. The van der Waals surface area contributed by atoms with Crippen molar-refractivity contribution in [1.29, 1.82) is 0 Å². The highest BCUT2D eigenvalue weighted by molar-refractivity contribution is 7.99. The van der Waals surface area contributed by atoms with E-state index < -0.39 is 11.7 Å². The molecule has 8 heteroatoms. The van der Waals surface area contributed by atoms with Crippen molar-refractivity contribution in [1.82, 2.24) is 10.2 Å². The Morgan fingerprint density at radius 2 is 1.64 bits per heavy atom. The van der Waals surface area contributed by atoms with Gasteiger partial charge in [-0.2, -0.15) is 13.2 Å². The van der Waals surface area contributed by atoms with Crippen molar-refractivity contribution in [3.63, 3.8) is 0 Å². The minimum atomic E-state index is -4.39. The maximum atomic E-state index is 13.1. The van der Waals surface area contributed by atoms with Gasteiger partial charge < -0.3 is 10.2 Å². The van der Waals surface area contributed by atoms with Crippen molar-refractivity contribution in [2.75, 3.05) is 23.1 Å². The van der Waals surface area contributed by atoms with E-state index in [-0.39, 0.29) is 0 Å². The SMILES string of the molecule is CN1CSc2cc(Nc3cc(-c4ccc(C(F)(F)F)cc4)c(-c4ccccc4)nn3)ccc21. The highest BCUT2D eigenvalue weighted by Crippen LogP contribution is 2.40. The Balaban J connectivity index is 1.54. The van der Waals surface area contributed by atoms with Crippen LogP contribution in [0.3, 0.4) is 0 Å². The number of fused-ring (bicyclic) bond motifs is 1. The first-order chi connectivity index (χ1) is 15.9. The zero-order valence-electron chi connectivity index (χ0n) is 17.6. The Hall–Kier alpha value is -3.52. The van der Waals surface area contributed by atoms with Crippen LogP contribution in [-0.2, 0) is 6.18 Å². The van der Waals surface area contributed by atoms with E-state index in [0.717, 1.165) is 29.3 Å². The third-order valence-electron chi connectivity index (χ3n) is 5.42. The molecule has 0 fully saturated rings. The minimum Gasteiger partial charge on any atom is -0.364 e. The summed E-state index contributed by atoms with van der Waals surface area (Å²) in [5.41, 5.74) is 4.13. The molecule has 0 saturated carbocycles. The lowest BCUT2D eigenvalue weighted by Gasteiger charge is -2.14. The standard InChI is InChI=1S/C25H19F3N4S/c1-32-15-33-22-13-19(11-12-21(22)32)29-23-14-20(16-7-9-18(10-8-16)25(26,27)28)24(31-30-23)17-5-3-2-4-6-17/h2-14H,15H2,1H3,(H,29,30). The van der Waals surface area contributed by atoms with Crippen molar-refractivity contribution in [2.24, 2.45) is 0 Å². The molecule has 0 unspecified atom stereocenters. The Morgan fingerprint density at radius 3 is 2.36 bits per heavy atom. The number of hydrogen-bond donors (Lipinski definition) is 1. The quantitative estimate of drug-likeness (QED) is 0.350. The molecule has 5 rings (SSSR count). The average Bonchev–Trinajstić information content (AvgIpc) is 3.19. The van der Waals surface area contributed by atoms with E-state index >= 15 is 0 Å². The molecule has 0 spiro atoms. The predicted octanol–water partition coefficient (Wildman–Crippen LogP) is 7.07. The number of thioether (sulfide) groups is 1. The number of benzene rings is 3. The summed E-state index contributed by atoms with van der Waals surface area (Å²) in [6.07, 6.45) is -4.39. The van der Waals surface area contributed by atoms with E-state index in [1.807, 2.05) is 42.5 Å². The van der Waals surface area contributed by atoms with Crippen molar-refractivity contribution in [2.45, 2.75) is 11.1 Å². The molecule has 1 aliphatic rings. The van der Waals surface area contributed by atoms with Gasteiger partial charge in [0, 0.05) is 28.8 Å². The molecular formula is C25H19F3N4S. The van der Waals surface area contributed by atoms with Crippen LogP contribution in [0, 0.1) is 0 Å². The van der Waals surface area contributed by atoms with Gasteiger partial charge in [-0.25, -0.2) is 0 Å². The molecule has 3 aromatic carbocycles. The van der Waals surface area contributed by atoms with Crippen LogP contribution < -0.4 is 10.2 Å². The molecule has 0 aliphatic carbocycles. The van der Waals surface area contributed by atoms with E-state index in [1.165, 1.54) is 22.7 Å². The summed E-state index contributed by atoms with van der Waals surface area (Å²) in [5, 5.41) is 12.1. The number of anilines is 3. The van der Waals surface area contributed by atoms with Gasteiger partial charge in [-0.15, -0.1) is 22.0 Å². The number of halogens is 3. The van der Waals surface area contributed by atoms with E-state index in [4.69, 9.17) is 0 Å². The second-order valence-corrected chi connectivity index (χ2v) is 8.70. The summed E-state index contributed by atoms with van der Waals surface area (Å²) in [6, 6.07) is 22.5. The van der Waals surface area contributed by atoms with Crippen molar-refractivity contribution >= 4 is 29.0 Å². The second-order valence-electron chi connectivity index (χ2n) is 7.71. The van der Waals surface area contributed by atoms with Crippen LogP contribution in [0.2, 0.25) is 0 Å². The largest absolute Gasteiger partial charge is 0.416 e. The third-order valence-corrected chi connectivity index (χ3v) is 6.58. The zero-order valence-corrected chi connectivity index (χ0v) is 18.4. The summed E-state index contributed by atoms with van der Waals surface area (Å²) in [5.74, 6) is 1.42. The van der Waals surface area contributed by atoms with Crippen LogP contribution in [0.4, 0.5) is 30.4 Å². The number of nitrogens with one attached hydrogen (secondary N) is 1. The predicted molar refractivity (Wildman–Crippen MR) is 127 cm³/mol. The summed E-state index contributed by atoms with van der Waals surface area (Å²) < 4.78 is 39.2. The number of alkyl halides is 3. The Bertz CT molecular complexity index is 1290. The molecule has 33 heavy (non-hydrogen) atoms. The molecule has 1 aromatic heterocycles. The van der Waals surface area contributed by atoms with Crippen LogP contribution in [0.25, 0.3) is 22.4 Å². The third kappa shape index (κ3) is 4.39. The maximum Gasteiger partial charge on any atom is 0.416 e. The van der Waals surface area contributed by atoms with Gasteiger partial charge in [-0.05, 0) is 42.0 Å². The lowest BCUT2D eigenvalue weighted by molar-refractivity contribution is -0.137. The number of nitrogens with zero attached hydrogens (tertiary/aromatic N) is 3. The van der Waals surface area contributed by atoms with Crippen LogP contribution in [0.1, 0.15) is 5.56 Å².